The van der Waals surface area contributed by atoms with E-state index in [2.05, 4.69) is 5.32 Å². The van der Waals surface area contributed by atoms with Crippen LogP contribution in [0.15, 0.2) is 77.4 Å². The van der Waals surface area contributed by atoms with Crippen LogP contribution in [0.4, 0.5) is 0 Å². The zero-order chi connectivity index (χ0) is 21.5. The molecule has 2 amide bonds. The van der Waals surface area contributed by atoms with Gasteiger partial charge in [0, 0.05) is 19.1 Å². The lowest BCUT2D eigenvalue weighted by Gasteiger charge is -2.31. The Kier molecular flexibility index (Phi) is 6.52. The highest BCUT2D eigenvalue weighted by molar-refractivity contribution is 5.91. The highest BCUT2D eigenvalue weighted by Crippen LogP contribution is 2.23. The van der Waals surface area contributed by atoms with Crippen molar-refractivity contribution >= 4 is 11.8 Å². The van der Waals surface area contributed by atoms with Gasteiger partial charge in [-0.05, 0) is 61.4 Å². The van der Waals surface area contributed by atoms with E-state index in [1.807, 2.05) is 30.3 Å². The van der Waals surface area contributed by atoms with E-state index in [0.29, 0.717) is 43.2 Å². The third-order valence-electron chi connectivity index (χ3n) is 5.05. The van der Waals surface area contributed by atoms with Crippen molar-refractivity contribution in [3.8, 4) is 17.2 Å². The van der Waals surface area contributed by atoms with Gasteiger partial charge in [0.15, 0.2) is 12.4 Å². The van der Waals surface area contributed by atoms with Gasteiger partial charge in [0.05, 0.1) is 6.26 Å². The average molecular weight is 420 g/mol. The number of furan rings is 1. The normalized spacial score (nSPS) is 14.1. The van der Waals surface area contributed by atoms with Gasteiger partial charge in [0.1, 0.15) is 17.2 Å². The number of amides is 2. The number of nitrogens with zero attached hydrogens (tertiary/aromatic N) is 1. The van der Waals surface area contributed by atoms with Crippen LogP contribution in [-0.4, -0.2) is 42.5 Å². The Hall–Kier alpha value is -3.74. The second-order valence-electron chi connectivity index (χ2n) is 7.29. The Morgan fingerprint density at radius 1 is 0.903 bits per heavy atom. The summed E-state index contributed by atoms with van der Waals surface area (Å²) in [6, 6.07) is 20.0. The highest BCUT2D eigenvalue weighted by atomic mass is 16.5. The molecule has 1 saturated heterocycles. The molecule has 0 unspecified atom stereocenters. The first-order valence-corrected chi connectivity index (χ1v) is 10.3. The molecule has 160 valence electrons. The number of likely N-dealkylation sites (tertiary alicyclic amines) is 1. The second-order valence-corrected chi connectivity index (χ2v) is 7.29. The van der Waals surface area contributed by atoms with E-state index >= 15 is 0 Å². The van der Waals surface area contributed by atoms with E-state index in [4.69, 9.17) is 13.9 Å². The van der Waals surface area contributed by atoms with Crippen molar-refractivity contribution in [3.63, 3.8) is 0 Å². The van der Waals surface area contributed by atoms with Crippen molar-refractivity contribution in [1.29, 1.82) is 0 Å². The van der Waals surface area contributed by atoms with Gasteiger partial charge in [-0.1, -0.05) is 18.2 Å². The van der Waals surface area contributed by atoms with E-state index in [0.717, 1.165) is 5.75 Å². The van der Waals surface area contributed by atoms with Crippen molar-refractivity contribution in [2.75, 3.05) is 19.7 Å². The molecule has 7 heteroatoms. The first kappa shape index (κ1) is 20.5. The van der Waals surface area contributed by atoms with Crippen LogP contribution in [0.2, 0.25) is 0 Å². The lowest BCUT2D eigenvalue weighted by Crippen LogP contribution is -2.47. The van der Waals surface area contributed by atoms with Crippen LogP contribution in [0.3, 0.4) is 0 Å². The minimum absolute atomic E-state index is 0.0263. The molecule has 0 saturated carbocycles. The molecule has 31 heavy (non-hydrogen) atoms. The largest absolute Gasteiger partial charge is 0.484 e. The molecular formula is C24H24N2O5. The molecule has 1 aromatic heterocycles. The fraction of sp³-hybridized carbons (Fsp3) is 0.250. The smallest absolute Gasteiger partial charge is 0.289 e. The molecule has 0 radical (unpaired) electrons. The zero-order valence-corrected chi connectivity index (χ0v) is 17.0. The summed E-state index contributed by atoms with van der Waals surface area (Å²) in [5.41, 5.74) is 0. The number of hydrogen-bond acceptors (Lipinski definition) is 5. The summed E-state index contributed by atoms with van der Waals surface area (Å²) >= 11 is 0. The lowest BCUT2D eigenvalue weighted by molar-refractivity contribution is -0.124. The third kappa shape index (κ3) is 5.66. The third-order valence-corrected chi connectivity index (χ3v) is 5.05. The van der Waals surface area contributed by atoms with E-state index in [1.54, 1.807) is 41.3 Å². The number of nitrogens with one attached hydrogen (secondary N) is 1. The maximum atomic E-state index is 12.3. The minimum Gasteiger partial charge on any atom is -0.484 e. The number of ether oxygens (including phenoxy) is 2. The predicted octanol–water partition coefficient (Wildman–Crippen LogP) is 3.87. The number of benzene rings is 2. The molecule has 7 nitrogen and oxygen atoms in total. The van der Waals surface area contributed by atoms with E-state index < -0.39 is 0 Å². The summed E-state index contributed by atoms with van der Waals surface area (Å²) in [6.07, 6.45) is 2.89. The van der Waals surface area contributed by atoms with Gasteiger partial charge in [0.25, 0.3) is 11.8 Å². The maximum Gasteiger partial charge on any atom is 0.289 e. The fourth-order valence-corrected chi connectivity index (χ4v) is 3.43. The number of para-hydroxylation sites is 1. The van der Waals surface area contributed by atoms with Crippen LogP contribution in [0.25, 0.3) is 0 Å². The Bertz CT molecular complexity index is 979. The molecule has 4 rings (SSSR count). The number of rotatable bonds is 7. The summed E-state index contributed by atoms with van der Waals surface area (Å²) < 4.78 is 16.5. The molecule has 2 aromatic carbocycles. The zero-order valence-electron chi connectivity index (χ0n) is 17.0. The highest BCUT2D eigenvalue weighted by Gasteiger charge is 2.25. The van der Waals surface area contributed by atoms with Gasteiger partial charge in [-0.3, -0.25) is 9.59 Å². The number of carbonyl (C=O) groups is 2. The van der Waals surface area contributed by atoms with Gasteiger partial charge in [-0.25, -0.2) is 0 Å². The van der Waals surface area contributed by atoms with Crippen LogP contribution in [0.1, 0.15) is 23.4 Å². The molecule has 1 fully saturated rings. The van der Waals surface area contributed by atoms with E-state index in [1.165, 1.54) is 6.26 Å². The molecule has 0 aliphatic carbocycles. The molecule has 1 aliphatic heterocycles. The van der Waals surface area contributed by atoms with Crippen LogP contribution < -0.4 is 14.8 Å². The van der Waals surface area contributed by atoms with Gasteiger partial charge in [0.2, 0.25) is 0 Å². The maximum absolute atomic E-state index is 12.3. The number of carbonyl (C=O) groups excluding carboxylic acids is 2. The van der Waals surface area contributed by atoms with Gasteiger partial charge in [-0.2, -0.15) is 0 Å². The monoisotopic (exact) mass is 420 g/mol. The summed E-state index contributed by atoms with van der Waals surface area (Å²) in [5.74, 6) is 2.09. The molecular weight excluding hydrogens is 396 g/mol. The van der Waals surface area contributed by atoms with Crippen molar-refractivity contribution < 1.29 is 23.5 Å². The minimum atomic E-state index is -0.180. The second kappa shape index (κ2) is 9.84. The quantitative estimate of drug-likeness (QED) is 0.628. The predicted molar refractivity (Wildman–Crippen MR) is 114 cm³/mol. The van der Waals surface area contributed by atoms with Gasteiger partial charge < -0.3 is 24.1 Å². The van der Waals surface area contributed by atoms with Gasteiger partial charge in [-0.15, -0.1) is 0 Å². The van der Waals surface area contributed by atoms with Crippen molar-refractivity contribution in [3.05, 3.63) is 78.8 Å². The molecule has 3 aromatic rings. The Morgan fingerprint density at radius 2 is 1.58 bits per heavy atom. The first-order valence-electron chi connectivity index (χ1n) is 10.3. The number of piperidine rings is 1. The molecule has 0 bridgehead atoms. The average Bonchev–Trinajstić information content (AvgIpc) is 3.34. The fourth-order valence-electron chi connectivity index (χ4n) is 3.43. The molecule has 2 heterocycles. The topological polar surface area (TPSA) is 81.0 Å². The van der Waals surface area contributed by atoms with E-state index in [9.17, 15) is 9.59 Å². The summed E-state index contributed by atoms with van der Waals surface area (Å²) in [7, 11) is 0. The molecule has 1 N–H and O–H groups in total. The molecule has 0 atom stereocenters. The standard InChI is InChI=1S/C24H24N2O5/c27-23(25-18-12-14-26(15-13-18)24(28)22-7-4-16-29-22)17-30-19-8-10-21(11-9-19)31-20-5-2-1-3-6-20/h1-11,16,18H,12-15,17H2,(H,25,27). The van der Waals surface area contributed by atoms with E-state index in [-0.39, 0.29) is 24.5 Å². The first-order chi connectivity index (χ1) is 15.2. The van der Waals surface area contributed by atoms with Crippen LogP contribution in [0, 0.1) is 0 Å². The summed E-state index contributed by atoms with van der Waals surface area (Å²) in [5, 5.41) is 2.98. The SMILES string of the molecule is O=C(COc1ccc(Oc2ccccc2)cc1)NC1CCN(C(=O)c2ccco2)CC1. The summed E-state index contributed by atoms with van der Waals surface area (Å²) in [4.78, 5) is 26.3. The van der Waals surface area contributed by atoms with Crippen LogP contribution in [-0.2, 0) is 4.79 Å². The van der Waals surface area contributed by atoms with Crippen molar-refractivity contribution in [2.24, 2.45) is 0 Å². The number of hydrogen-bond donors (Lipinski definition) is 1. The van der Waals surface area contributed by atoms with Gasteiger partial charge >= 0.3 is 0 Å². The van der Waals surface area contributed by atoms with Crippen LogP contribution >= 0.6 is 0 Å². The summed E-state index contributed by atoms with van der Waals surface area (Å²) in [6.45, 7) is 1.09. The Morgan fingerprint density at radius 3 is 2.26 bits per heavy atom. The van der Waals surface area contributed by atoms with Crippen molar-refractivity contribution in [1.82, 2.24) is 10.2 Å². The Balaban J connectivity index is 1.18. The molecule has 0 spiro atoms. The lowest BCUT2D eigenvalue weighted by atomic mass is 10.0. The van der Waals surface area contributed by atoms with Crippen LogP contribution in [0.5, 0.6) is 17.2 Å². The molecule has 1 aliphatic rings. The van der Waals surface area contributed by atoms with Crippen molar-refractivity contribution in [2.45, 2.75) is 18.9 Å². The Labute approximate surface area is 180 Å².